The van der Waals surface area contributed by atoms with Crippen LogP contribution < -0.4 is 15.2 Å². The molecule has 0 aliphatic heterocycles. The number of hydrogen-bond donors (Lipinski definition) is 2. The van der Waals surface area contributed by atoms with E-state index in [0.717, 1.165) is 16.8 Å². The van der Waals surface area contributed by atoms with Crippen LogP contribution in [0.1, 0.15) is 17.3 Å². The van der Waals surface area contributed by atoms with E-state index in [-0.39, 0.29) is 16.1 Å². The summed E-state index contributed by atoms with van der Waals surface area (Å²) in [7, 11) is -2.69. The van der Waals surface area contributed by atoms with Gasteiger partial charge in [-0.05, 0) is 37.3 Å². The number of primary amides is 1. The summed E-state index contributed by atoms with van der Waals surface area (Å²) < 4.78 is 44.8. The van der Waals surface area contributed by atoms with Crippen LogP contribution in [0.4, 0.5) is 5.69 Å². The highest BCUT2D eigenvalue weighted by Crippen LogP contribution is 2.37. The van der Waals surface area contributed by atoms with Crippen LogP contribution in [0.5, 0.6) is 5.75 Å². The fraction of sp³-hybridized carbons (Fsp3) is 0.130. The van der Waals surface area contributed by atoms with Crippen molar-refractivity contribution < 1.29 is 31.9 Å². The number of furan rings is 1. The number of sulfonamides is 1. The third kappa shape index (κ3) is 4.33. The minimum absolute atomic E-state index is 0.0503. The maximum Gasteiger partial charge on any atom is 0.338 e. The Kier molecular flexibility index (Phi) is 5.69. The van der Waals surface area contributed by atoms with Gasteiger partial charge in [-0.1, -0.05) is 24.3 Å². The fourth-order valence-corrected chi connectivity index (χ4v) is 4.39. The van der Waals surface area contributed by atoms with E-state index in [0.29, 0.717) is 16.9 Å². The smallest absolute Gasteiger partial charge is 0.338 e. The summed E-state index contributed by atoms with van der Waals surface area (Å²) >= 11 is 0. The van der Waals surface area contributed by atoms with Gasteiger partial charge in [-0.15, -0.1) is 0 Å². The summed E-state index contributed by atoms with van der Waals surface area (Å²) in [5.41, 5.74) is 6.35. The zero-order valence-electron chi connectivity index (χ0n) is 17.7. The molecule has 0 spiro atoms. The number of carbonyl (C=O) groups is 2. The molecule has 1 aromatic heterocycles. The summed E-state index contributed by atoms with van der Waals surface area (Å²) in [5.74, 6) is -1.40. The van der Waals surface area contributed by atoms with Crippen LogP contribution >= 0.6 is 0 Å². The maximum atomic E-state index is 13.1. The number of nitrogens with two attached hydrogens (primary N) is 1. The minimum Gasteiger partial charge on any atom is -0.495 e. The quantitative estimate of drug-likeness (QED) is 0.396. The Morgan fingerprint density at radius 1 is 1.00 bits per heavy atom. The van der Waals surface area contributed by atoms with Crippen molar-refractivity contribution in [1.29, 1.82) is 0 Å². The van der Waals surface area contributed by atoms with Gasteiger partial charge in [0.1, 0.15) is 16.9 Å². The molecule has 1 unspecified atom stereocenters. The first-order valence-corrected chi connectivity index (χ1v) is 11.3. The molecule has 0 aliphatic carbocycles. The van der Waals surface area contributed by atoms with E-state index in [1.54, 1.807) is 12.1 Å². The number of amides is 1. The summed E-state index contributed by atoms with van der Waals surface area (Å²) in [6.07, 6.45) is -1.16. The molecule has 1 atom stereocenters. The molecule has 4 rings (SSSR count). The second-order valence-electron chi connectivity index (χ2n) is 7.23. The van der Waals surface area contributed by atoms with Gasteiger partial charge in [0.2, 0.25) is 0 Å². The van der Waals surface area contributed by atoms with E-state index in [2.05, 4.69) is 4.72 Å². The predicted octanol–water partition coefficient (Wildman–Crippen LogP) is 3.43. The molecule has 0 aliphatic rings. The lowest BCUT2D eigenvalue weighted by Crippen LogP contribution is -2.30. The van der Waals surface area contributed by atoms with Crippen LogP contribution in [-0.4, -0.2) is 33.5 Å². The maximum absolute atomic E-state index is 13.1. The van der Waals surface area contributed by atoms with Crippen molar-refractivity contribution in [3.63, 3.8) is 0 Å². The highest BCUT2D eigenvalue weighted by molar-refractivity contribution is 7.92. The molecule has 1 amide bonds. The van der Waals surface area contributed by atoms with Gasteiger partial charge in [-0.2, -0.15) is 0 Å². The number of anilines is 1. The van der Waals surface area contributed by atoms with Gasteiger partial charge >= 0.3 is 5.97 Å². The Morgan fingerprint density at radius 2 is 1.76 bits per heavy atom. The molecule has 3 N–H and O–H groups in total. The molecule has 0 saturated carbocycles. The van der Waals surface area contributed by atoms with E-state index in [1.165, 1.54) is 32.2 Å². The highest BCUT2D eigenvalue weighted by atomic mass is 32.2. The number of methoxy groups -OCH3 is 1. The number of para-hydroxylation sites is 1. The standard InChI is InChI=1S/C23H20N2O7S/c1-13(22(24)26)31-23(27)14-6-5-7-15(10-14)33(28,29)25-18-12-20-17(11-21(18)30-2)16-8-3-4-9-19(16)32-20/h3-13,25H,1-2H3,(H2,24,26). The zero-order chi connectivity index (χ0) is 23.8. The van der Waals surface area contributed by atoms with Crippen LogP contribution in [0, 0.1) is 0 Å². The number of esters is 1. The molecular formula is C23H20N2O7S. The Labute approximate surface area is 189 Å². The minimum atomic E-state index is -4.12. The average Bonchev–Trinajstić information content (AvgIpc) is 3.15. The third-order valence-corrected chi connectivity index (χ3v) is 6.37. The van der Waals surface area contributed by atoms with E-state index < -0.39 is 28.0 Å². The van der Waals surface area contributed by atoms with Crippen LogP contribution in [-0.2, 0) is 19.6 Å². The van der Waals surface area contributed by atoms with E-state index in [1.807, 2.05) is 24.3 Å². The number of hydrogen-bond acceptors (Lipinski definition) is 7. The molecule has 0 fully saturated rings. The van der Waals surface area contributed by atoms with Crippen LogP contribution in [0.2, 0.25) is 0 Å². The van der Waals surface area contributed by atoms with Crippen LogP contribution in [0.3, 0.4) is 0 Å². The van der Waals surface area contributed by atoms with Crippen molar-refractivity contribution in [3.8, 4) is 5.75 Å². The summed E-state index contributed by atoms with van der Waals surface area (Å²) in [4.78, 5) is 23.2. The van der Waals surface area contributed by atoms with E-state index in [4.69, 9.17) is 19.6 Å². The Hall–Kier alpha value is -4.05. The first kappa shape index (κ1) is 22.2. The van der Waals surface area contributed by atoms with Crippen LogP contribution in [0.15, 0.2) is 70.0 Å². The molecular weight excluding hydrogens is 448 g/mol. The zero-order valence-corrected chi connectivity index (χ0v) is 18.5. The molecule has 3 aromatic carbocycles. The lowest BCUT2D eigenvalue weighted by molar-refractivity contribution is -0.125. The van der Waals surface area contributed by atoms with Gasteiger partial charge in [0.25, 0.3) is 15.9 Å². The van der Waals surface area contributed by atoms with Crippen molar-refractivity contribution in [2.24, 2.45) is 5.73 Å². The van der Waals surface area contributed by atoms with Gasteiger partial charge in [0.15, 0.2) is 6.10 Å². The number of carbonyl (C=O) groups excluding carboxylic acids is 2. The normalized spacial score (nSPS) is 12.4. The number of rotatable bonds is 7. The monoisotopic (exact) mass is 468 g/mol. The molecule has 0 radical (unpaired) electrons. The Morgan fingerprint density at radius 3 is 2.48 bits per heavy atom. The van der Waals surface area contributed by atoms with Gasteiger partial charge in [0, 0.05) is 16.8 Å². The van der Waals surface area contributed by atoms with Crippen molar-refractivity contribution in [2.75, 3.05) is 11.8 Å². The molecule has 9 nitrogen and oxygen atoms in total. The van der Waals surface area contributed by atoms with Crippen molar-refractivity contribution in [1.82, 2.24) is 0 Å². The number of nitrogens with one attached hydrogen (secondary N) is 1. The van der Waals surface area contributed by atoms with Gasteiger partial charge < -0.3 is 19.6 Å². The van der Waals surface area contributed by atoms with Crippen molar-refractivity contribution in [2.45, 2.75) is 17.9 Å². The van der Waals surface area contributed by atoms with E-state index >= 15 is 0 Å². The number of benzene rings is 3. The molecule has 170 valence electrons. The van der Waals surface area contributed by atoms with Gasteiger partial charge in [0.05, 0.1) is 23.3 Å². The fourth-order valence-electron chi connectivity index (χ4n) is 3.28. The van der Waals surface area contributed by atoms with E-state index in [9.17, 15) is 18.0 Å². The van der Waals surface area contributed by atoms with Crippen LogP contribution in [0.25, 0.3) is 21.9 Å². The summed E-state index contributed by atoms with van der Waals surface area (Å²) in [6.45, 7) is 1.32. The van der Waals surface area contributed by atoms with Crippen molar-refractivity contribution >= 4 is 49.5 Å². The second-order valence-corrected chi connectivity index (χ2v) is 8.91. The Balaban J connectivity index is 1.68. The molecule has 1 heterocycles. The largest absolute Gasteiger partial charge is 0.495 e. The first-order valence-electron chi connectivity index (χ1n) is 9.82. The lowest BCUT2D eigenvalue weighted by atomic mass is 10.1. The Bertz CT molecular complexity index is 1490. The topological polar surface area (TPSA) is 138 Å². The average molecular weight is 468 g/mol. The highest BCUT2D eigenvalue weighted by Gasteiger charge is 2.22. The molecule has 0 saturated heterocycles. The number of fused-ring (bicyclic) bond motifs is 3. The molecule has 10 heteroatoms. The lowest BCUT2D eigenvalue weighted by Gasteiger charge is -2.13. The van der Waals surface area contributed by atoms with Gasteiger partial charge in [-0.3, -0.25) is 9.52 Å². The molecule has 0 bridgehead atoms. The first-order chi connectivity index (χ1) is 15.7. The number of ether oxygens (including phenoxy) is 2. The second kappa shape index (κ2) is 8.47. The van der Waals surface area contributed by atoms with Crippen molar-refractivity contribution in [3.05, 3.63) is 66.2 Å². The third-order valence-electron chi connectivity index (χ3n) is 5.01. The molecule has 4 aromatic rings. The SMILES string of the molecule is COc1cc2c(cc1NS(=O)(=O)c1cccc(C(=O)OC(C)C(N)=O)c1)oc1ccccc12. The summed E-state index contributed by atoms with van der Waals surface area (Å²) in [6, 6.07) is 15.9. The summed E-state index contributed by atoms with van der Waals surface area (Å²) in [5, 5.41) is 1.65. The molecule has 33 heavy (non-hydrogen) atoms. The van der Waals surface area contributed by atoms with Gasteiger partial charge in [-0.25, -0.2) is 13.2 Å². The predicted molar refractivity (Wildman–Crippen MR) is 122 cm³/mol.